The fourth-order valence-corrected chi connectivity index (χ4v) is 2.72. The van der Waals surface area contributed by atoms with E-state index in [2.05, 4.69) is 0 Å². The topological polar surface area (TPSA) is 83.6 Å². The Morgan fingerprint density at radius 2 is 2.16 bits per heavy atom. The summed E-state index contributed by atoms with van der Waals surface area (Å²) in [5, 5.41) is 9.02. The first-order chi connectivity index (χ1) is 8.83. The van der Waals surface area contributed by atoms with E-state index in [1.165, 1.54) is 23.1 Å². The Balaban J connectivity index is 2.20. The largest absolute Gasteiger partial charge is 0.480 e. The van der Waals surface area contributed by atoms with E-state index in [-0.39, 0.29) is 25.4 Å². The highest BCUT2D eigenvalue weighted by Gasteiger charge is 2.43. The third-order valence-corrected chi connectivity index (χ3v) is 4.07. The van der Waals surface area contributed by atoms with Crippen LogP contribution in [0.4, 0.5) is 4.39 Å². The van der Waals surface area contributed by atoms with Crippen molar-refractivity contribution in [1.82, 2.24) is 4.90 Å². The van der Waals surface area contributed by atoms with Crippen molar-refractivity contribution < 1.29 is 19.1 Å². The molecule has 1 aromatic carbocycles. The Labute approximate surface area is 122 Å². The van der Waals surface area contributed by atoms with Crippen LogP contribution in [0.15, 0.2) is 18.2 Å². The highest BCUT2D eigenvalue weighted by atomic mass is 127. The van der Waals surface area contributed by atoms with Gasteiger partial charge in [-0.05, 0) is 47.2 Å². The number of carboxylic acids is 1. The summed E-state index contributed by atoms with van der Waals surface area (Å²) in [5.41, 5.74) is 4.69. The summed E-state index contributed by atoms with van der Waals surface area (Å²) in [6.07, 6.45) is 0.214. The Morgan fingerprint density at radius 1 is 1.47 bits per heavy atom. The summed E-state index contributed by atoms with van der Waals surface area (Å²) in [6.45, 7) is 0.254. The third kappa shape index (κ3) is 2.71. The Bertz CT molecular complexity index is 552. The minimum Gasteiger partial charge on any atom is -0.480 e. The lowest BCUT2D eigenvalue weighted by Crippen LogP contribution is -2.50. The van der Waals surface area contributed by atoms with Crippen molar-refractivity contribution in [2.24, 2.45) is 5.73 Å². The molecule has 0 saturated carbocycles. The number of hydrogen-bond donors (Lipinski definition) is 2. The average Bonchev–Trinajstić information content (AvgIpc) is 2.73. The zero-order valence-electron chi connectivity index (χ0n) is 9.90. The number of carbonyl (C=O) groups is 2. The molecule has 1 aliphatic heterocycles. The number of rotatable bonds is 2. The zero-order chi connectivity index (χ0) is 14.2. The molecule has 7 heteroatoms. The monoisotopic (exact) mass is 378 g/mol. The van der Waals surface area contributed by atoms with Crippen LogP contribution in [0.2, 0.25) is 0 Å². The molecule has 102 valence electrons. The van der Waals surface area contributed by atoms with Crippen LogP contribution in [0, 0.1) is 9.39 Å². The molecule has 1 atom stereocenters. The minimum absolute atomic E-state index is 0.0331. The summed E-state index contributed by atoms with van der Waals surface area (Å²) in [4.78, 5) is 24.7. The van der Waals surface area contributed by atoms with Crippen molar-refractivity contribution in [2.45, 2.75) is 12.0 Å². The van der Waals surface area contributed by atoms with E-state index in [9.17, 15) is 14.0 Å². The quantitative estimate of drug-likeness (QED) is 0.754. The average molecular weight is 378 g/mol. The molecule has 0 aliphatic carbocycles. The normalized spacial score (nSPS) is 22.6. The Morgan fingerprint density at radius 3 is 2.68 bits per heavy atom. The third-order valence-electron chi connectivity index (χ3n) is 3.18. The molecule has 1 aliphatic rings. The summed E-state index contributed by atoms with van der Waals surface area (Å²) in [5.74, 6) is -1.85. The van der Waals surface area contributed by atoms with Crippen molar-refractivity contribution in [3.8, 4) is 0 Å². The molecule has 5 nitrogen and oxygen atoms in total. The van der Waals surface area contributed by atoms with E-state index in [1.54, 1.807) is 0 Å². The second-order valence-corrected chi connectivity index (χ2v) is 5.72. The van der Waals surface area contributed by atoms with Crippen LogP contribution in [-0.2, 0) is 4.79 Å². The van der Waals surface area contributed by atoms with Gasteiger partial charge in [-0.15, -0.1) is 0 Å². The summed E-state index contributed by atoms with van der Waals surface area (Å²) >= 11 is 1.87. The number of nitrogens with two attached hydrogens (primary N) is 1. The molecule has 3 N–H and O–H groups in total. The second-order valence-electron chi connectivity index (χ2n) is 4.56. The predicted molar refractivity (Wildman–Crippen MR) is 74.2 cm³/mol. The van der Waals surface area contributed by atoms with Crippen LogP contribution >= 0.6 is 22.6 Å². The van der Waals surface area contributed by atoms with Crippen LogP contribution in [-0.4, -0.2) is 40.5 Å². The Hall–Kier alpha value is -1.22. The molecular weight excluding hydrogens is 366 g/mol. The van der Waals surface area contributed by atoms with Crippen LogP contribution in [0.5, 0.6) is 0 Å². The van der Waals surface area contributed by atoms with E-state index in [0.717, 1.165) is 0 Å². The number of hydrogen-bond acceptors (Lipinski definition) is 3. The number of halogens is 2. The van der Waals surface area contributed by atoms with Crippen LogP contribution in [0.1, 0.15) is 16.8 Å². The molecule has 0 aromatic heterocycles. The van der Waals surface area contributed by atoms with Crippen molar-refractivity contribution in [3.63, 3.8) is 0 Å². The summed E-state index contributed by atoms with van der Waals surface area (Å²) in [7, 11) is 0. The Kier molecular flexibility index (Phi) is 3.77. The number of benzene rings is 1. The maximum absolute atomic E-state index is 13.0. The van der Waals surface area contributed by atoms with Crippen molar-refractivity contribution in [2.75, 3.05) is 13.1 Å². The minimum atomic E-state index is -1.39. The van der Waals surface area contributed by atoms with Crippen LogP contribution < -0.4 is 5.73 Å². The second kappa shape index (κ2) is 5.04. The van der Waals surface area contributed by atoms with E-state index < -0.39 is 17.3 Å². The van der Waals surface area contributed by atoms with Gasteiger partial charge in [0.05, 0.1) is 5.56 Å². The molecule has 0 radical (unpaired) electrons. The molecule has 2 rings (SSSR count). The summed E-state index contributed by atoms with van der Waals surface area (Å²) in [6, 6.07) is 3.87. The standard InChI is InChI=1S/C12H12FIN2O3/c13-7-1-2-8(9(14)5-7)10(17)16-4-3-12(15,6-16)11(18)19/h1-2,5H,3-4,6,15H2,(H,18,19). The molecule has 1 heterocycles. The van der Waals surface area contributed by atoms with E-state index in [0.29, 0.717) is 9.13 Å². The van der Waals surface area contributed by atoms with E-state index in [1.807, 2.05) is 22.6 Å². The lowest BCUT2D eigenvalue weighted by molar-refractivity contribution is -0.142. The van der Waals surface area contributed by atoms with Gasteiger partial charge in [-0.2, -0.15) is 0 Å². The van der Waals surface area contributed by atoms with Gasteiger partial charge in [0.1, 0.15) is 11.4 Å². The maximum Gasteiger partial charge on any atom is 0.325 e. The fraction of sp³-hybridized carbons (Fsp3) is 0.333. The molecular formula is C12H12FIN2O3. The molecule has 1 saturated heterocycles. The molecule has 19 heavy (non-hydrogen) atoms. The highest BCUT2D eigenvalue weighted by molar-refractivity contribution is 14.1. The van der Waals surface area contributed by atoms with Crippen molar-refractivity contribution >= 4 is 34.5 Å². The van der Waals surface area contributed by atoms with Gasteiger partial charge in [0.15, 0.2) is 0 Å². The van der Waals surface area contributed by atoms with Crippen molar-refractivity contribution in [1.29, 1.82) is 0 Å². The first kappa shape index (κ1) is 14.2. The molecule has 0 bridgehead atoms. The maximum atomic E-state index is 13.0. The highest BCUT2D eigenvalue weighted by Crippen LogP contribution is 2.23. The van der Waals surface area contributed by atoms with Gasteiger partial charge < -0.3 is 15.7 Å². The van der Waals surface area contributed by atoms with Gasteiger partial charge in [-0.1, -0.05) is 0 Å². The summed E-state index contributed by atoms with van der Waals surface area (Å²) < 4.78 is 13.5. The van der Waals surface area contributed by atoms with Gasteiger partial charge in [0.2, 0.25) is 0 Å². The number of likely N-dealkylation sites (tertiary alicyclic amines) is 1. The van der Waals surface area contributed by atoms with Gasteiger partial charge in [-0.25, -0.2) is 4.39 Å². The fourth-order valence-electron chi connectivity index (χ4n) is 2.01. The lowest BCUT2D eigenvalue weighted by Gasteiger charge is -2.20. The predicted octanol–water partition coefficient (Wildman–Crippen LogP) is 1.06. The van der Waals surface area contributed by atoms with Gasteiger partial charge in [-0.3, -0.25) is 9.59 Å². The lowest BCUT2D eigenvalue weighted by atomic mass is 10.0. The van der Waals surface area contributed by atoms with Crippen LogP contribution in [0.3, 0.4) is 0 Å². The van der Waals surface area contributed by atoms with Gasteiger partial charge in [0.25, 0.3) is 5.91 Å². The SMILES string of the molecule is NC1(C(=O)O)CCN(C(=O)c2ccc(F)cc2I)C1. The first-order valence-electron chi connectivity index (χ1n) is 5.60. The molecule has 1 fully saturated rings. The molecule has 1 unspecified atom stereocenters. The van der Waals surface area contributed by atoms with Crippen LogP contribution in [0.25, 0.3) is 0 Å². The smallest absolute Gasteiger partial charge is 0.325 e. The van der Waals surface area contributed by atoms with E-state index in [4.69, 9.17) is 10.8 Å². The number of carboxylic acid groups (broad SMARTS) is 1. The van der Waals surface area contributed by atoms with E-state index >= 15 is 0 Å². The molecule has 1 aromatic rings. The zero-order valence-corrected chi connectivity index (χ0v) is 12.1. The first-order valence-corrected chi connectivity index (χ1v) is 6.68. The number of nitrogens with zero attached hydrogens (tertiary/aromatic N) is 1. The van der Waals surface area contributed by atoms with Gasteiger partial charge in [0, 0.05) is 16.7 Å². The van der Waals surface area contributed by atoms with Gasteiger partial charge >= 0.3 is 5.97 Å². The number of aliphatic carboxylic acids is 1. The molecule has 1 amide bonds. The number of amides is 1. The van der Waals surface area contributed by atoms with Crippen molar-refractivity contribution in [3.05, 3.63) is 33.1 Å². The number of carbonyl (C=O) groups excluding carboxylic acids is 1. The molecule has 0 spiro atoms.